The minimum atomic E-state index is -4.29. The summed E-state index contributed by atoms with van der Waals surface area (Å²) in [5.74, 6) is -0.140. The molecule has 0 bridgehead atoms. The van der Waals surface area contributed by atoms with E-state index in [-0.39, 0.29) is 35.6 Å². The Bertz CT molecular complexity index is 1790. The van der Waals surface area contributed by atoms with Crippen LogP contribution < -0.4 is 19.1 Å². The van der Waals surface area contributed by atoms with Crippen LogP contribution in [0.1, 0.15) is 42.4 Å². The Balaban J connectivity index is 1.57. The standard InChI is InChI=1S/C38H43N3O6S/c1-28-13-12-16-30(23-28)26-40(34(24-29-14-6-4-7-15-29)38(43)39-31-17-10-11-18-31)37(42)27-41(32-19-8-5-9-20-32)48(44,45)33-21-22-35(46-2)36(25-33)47-3/h4-9,12-16,19-23,25,31,34H,10-11,17-18,24,26-27H2,1-3H3,(H,39,43). The van der Waals surface area contributed by atoms with Crippen molar-refractivity contribution >= 4 is 27.5 Å². The average Bonchev–Trinajstić information content (AvgIpc) is 3.62. The van der Waals surface area contributed by atoms with Crippen molar-refractivity contribution < 1.29 is 27.5 Å². The number of benzene rings is 4. The Morgan fingerprint density at radius 2 is 1.46 bits per heavy atom. The quantitative estimate of drug-likeness (QED) is 0.179. The van der Waals surface area contributed by atoms with Crippen molar-refractivity contribution in [3.05, 3.63) is 120 Å². The van der Waals surface area contributed by atoms with Gasteiger partial charge in [0, 0.05) is 25.1 Å². The van der Waals surface area contributed by atoms with Gasteiger partial charge < -0.3 is 19.7 Å². The number of amides is 2. The molecule has 0 aromatic heterocycles. The molecule has 0 saturated heterocycles. The summed E-state index contributed by atoms with van der Waals surface area (Å²) in [7, 11) is -1.39. The first-order chi connectivity index (χ1) is 23.2. The molecule has 1 saturated carbocycles. The van der Waals surface area contributed by atoms with Crippen LogP contribution in [0.25, 0.3) is 0 Å². The number of carbonyl (C=O) groups excluding carboxylic acids is 2. The SMILES string of the molecule is COc1ccc(S(=O)(=O)N(CC(=O)N(Cc2cccc(C)c2)C(Cc2ccccc2)C(=O)NC2CCCC2)c2ccccc2)cc1OC. The molecule has 0 aliphatic heterocycles. The molecule has 0 spiro atoms. The van der Waals surface area contributed by atoms with Crippen LogP contribution in [0.3, 0.4) is 0 Å². The third-order valence-electron chi connectivity index (χ3n) is 8.67. The minimum Gasteiger partial charge on any atom is -0.493 e. The third-order valence-corrected chi connectivity index (χ3v) is 10.4. The lowest BCUT2D eigenvalue weighted by atomic mass is 10.0. The van der Waals surface area contributed by atoms with Crippen LogP contribution in [0.5, 0.6) is 11.5 Å². The second-order valence-electron chi connectivity index (χ2n) is 12.1. The second kappa shape index (κ2) is 15.8. The van der Waals surface area contributed by atoms with Crippen LogP contribution >= 0.6 is 0 Å². The Hall–Kier alpha value is -4.83. The number of hydrogen-bond acceptors (Lipinski definition) is 6. The number of nitrogens with zero attached hydrogens (tertiary/aromatic N) is 2. The number of carbonyl (C=O) groups is 2. The number of ether oxygens (including phenoxy) is 2. The van der Waals surface area contributed by atoms with Gasteiger partial charge in [0.25, 0.3) is 10.0 Å². The Morgan fingerprint density at radius 3 is 2.10 bits per heavy atom. The first-order valence-electron chi connectivity index (χ1n) is 16.2. The van der Waals surface area contributed by atoms with E-state index in [1.165, 1.54) is 37.3 Å². The van der Waals surface area contributed by atoms with Crippen LogP contribution in [0.15, 0.2) is 108 Å². The van der Waals surface area contributed by atoms with Crippen molar-refractivity contribution in [2.75, 3.05) is 25.1 Å². The van der Waals surface area contributed by atoms with Crippen molar-refractivity contribution in [2.45, 2.75) is 62.6 Å². The third kappa shape index (κ3) is 8.36. The van der Waals surface area contributed by atoms with Gasteiger partial charge in [-0.3, -0.25) is 13.9 Å². The van der Waals surface area contributed by atoms with Gasteiger partial charge in [-0.25, -0.2) is 8.42 Å². The fourth-order valence-electron chi connectivity index (χ4n) is 6.16. The molecule has 2 amide bonds. The van der Waals surface area contributed by atoms with Crippen molar-refractivity contribution in [1.29, 1.82) is 0 Å². The molecule has 5 rings (SSSR count). The number of anilines is 1. The number of hydrogen-bond donors (Lipinski definition) is 1. The minimum absolute atomic E-state index is 0.0398. The monoisotopic (exact) mass is 669 g/mol. The van der Waals surface area contributed by atoms with Gasteiger partial charge in [0.1, 0.15) is 12.6 Å². The molecule has 252 valence electrons. The topological polar surface area (TPSA) is 105 Å². The summed E-state index contributed by atoms with van der Waals surface area (Å²) in [5, 5.41) is 3.21. The maximum absolute atomic E-state index is 14.7. The van der Waals surface area contributed by atoms with Crippen LogP contribution in [-0.2, 0) is 32.6 Å². The van der Waals surface area contributed by atoms with Crippen LogP contribution in [-0.4, -0.2) is 58.0 Å². The predicted molar refractivity (Wildman–Crippen MR) is 187 cm³/mol. The summed E-state index contributed by atoms with van der Waals surface area (Å²) in [4.78, 5) is 30.3. The van der Waals surface area contributed by atoms with Gasteiger partial charge in [0.2, 0.25) is 11.8 Å². The van der Waals surface area contributed by atoms with Gasteiger partial charge in [0.15, 0.2) is 11.5 Å². The molecular formula is C38H43N3O6S. The number of sulfonamides is 1. The Labute approximate surface area is 283 Å². The Kier molecular flexibility index (Phi) is 11.4. The molecular weight excluding hydrogens is 627 g/mol. The molecule has 1 atom stereocenters. The Morgan fingerprint density at radius 1 is 0.812 bits per heavy atom. The highest BCUT2D eigenvalue weighted by Crippen LogP contribution is 2.32. The zero-order chi connectivity index (χ0) is 34.1. The molecule has 9 nitrogen and oxygen atoms in total. The maximum Gasteiger partial charge on any atom is 0.264 e. The number of methoxy groups -OCH3 is 2. The maximum atomic E-state index is 14.7. The summed E-state index contributed by atoms with van der Waals surface area (Å²) in [6.45, 7) is 1.56. The lowest BCUT2D eigenvalue weighted by Crippen LogP contribution is -2.54. The first kappa shape index (κ1) is 34.5. The number of aryl methyl sites for hydroxylation is 1. The van der Waals surface area contributed by atoms with E-state index in [9.17, 15) is 18.0 Å². The van der Waals surface area contributed by atoms with E-state index in [1.807, 2.05) is 61.5 Å². The normalized spacial score (nSPS) is 13.8. The number of nitrogens with one attached hydrogen (secondary N) is 1. The van der Waals surface area contributed by atoms with Crippen molar-refractivity contribution in [1.82, 2.24) is 10.2 Å². The molecule has 0 radical (unpaired) electrons. The molecule has 0 heterocycles. The highest BCUT2D eigenvalue weighted by atomic mass is 32.2. The molecule has 1 fully saturated rings. The second-order valence-corrected chi connectivity index (χ2v) is 13.9. The fourth-order valence-corrected chi connectivity index (χ4v) is 7.59. The predicted octanol–water partition coefficient (Wildman–Crippen LogP) is 5.91. The molecule has 48 heavy (non-hydrogen) atoms. The van der Waals surface area contributed by atoms with Gasteiger partial charge in [-0.1, -0.05) is 91.2 Å². The fraction of sp³-hybridized carbons (Fsp3) is 0.316. The molecule has 1 unspecified atom stereocenters. The van der Waals surface area contributed by atoms with Gasteiger partial charge in [0.05, 0.1) is 24.8 Å². The lowest BCUT2D eigenvalue weighted by Gasteiger charge is -2.34. The largest absolute Gasteiger partial charge is 0.493 e. The van der Waals surface area contributed by atoms with Gasteiger partial charge in [-0.15, -0.1) is 0 Å². The molecule has 1 N–H and O–H groups in total. The van der Waals surface area contributed by atoms with Crippen LogP contribution in [0.4, 0.5) is 5.69 Å². The summed E-state index contributed by atoms with van der Waals surface area (Å²) < 4.78 is 40.5. The summed E-state index contributed by atoms with van der Waals surface area (Å²) >= 11 is 0. The highest BCUT2D eigenvalue weighted by molar-refractivity contribution is 7.92. The van der Waals surface area contributed by atoms with Crippen LogP contribution in [0.2, 0.25) is 0 Å². The lowest BCUT2D eigenvalue weighted by molar-refractivity contribution is -0.140. The zero-order valence-electron chi connectivity index (χ0n) is 27.7. The zero-order valence-corrected chi connectivity index (χ0v) is 28.5. The van der Waals surface area contributed by atoms with E-state index in [0.29, 0.717) is 11.4 Å². The first-order valence-corrected chi connectivity index (χ1v) is 17.6. The van der Waals surface area contributed by atoms with Gasteiger partial charge in [-0.2, -0.15) is 0 Å². The summed E-state index contributed by atoms with van der Waals surface area (Å²) in [6.07, 6.45) is 4.13. The van der Waals surface area contributed by atoms with Gasteiger partial charge >= 0.3 is 0 Å². The van der Waals surface area contributed by atoms with E-state index < -0.39 is 28.5 Å². The van der Waals surface area contributed by atoms with E-state index in [2.05, 4.69) is 5.32 Å². The molecule has 10 heteroatoms. The molecule has 4 aromatic rings. The van der Waals surface area contributed by atoms with Crippen molar-refractivity contribution in [3.8, 4) is 11.5 Å². The van der Waals surface area contributed by atoms with Gasteiger partial charge in [-0.05, 0) is 55.2 Å². The van der Waals surface area contributed by atoms with Crippen LogP contribution in [0, 0.1) is 6.92 Å². The summed E-state index contributed by atoms with van der Waals surface area (Å²) in [5.41, 5.74) is 3.05. The molecule has 1 aliphatic rings. The average molecular weight is 670 g/mol. The van der Waals surface area contributed by atoms with Crippen molar-refractivity contribution in [2.24, 2.45) is 0 Å². The van der Waals surface area contributed by atoms with E-state index in [1.54, 1.807) is 30.3 Å². The van der Waals surface area contributed by atoms with E-state index >= 15 is 0 Å². The molecule has 1 aliphatic carbocycles. The smallest absolute Gasteiger partial charge is 0.264 e. The number of rotatable bonds is 14. The van der Waals surface area contributed by atoms with Crippen molar-refractivity contribution in [3.63, 3.8) is 0 Å². The molecule has 4 aromatic carbocycles. The summed E-state index contributed by atoms with van der Waals surface area (Å²) in [6, 6.07) is 29.3. The van der Waals surface area contributed by atoms with E-state index in [0.717, 1.165) is 46.7 Å². The van der Waals surface area contributed by atoms with E-state index in [4.69, 9.17) is 9.47 Å². The number of para-hydroxylation sites is 1. The highest BCUT2D eigenvalue weighted by Gasteiger charge is 2.36.